The molecule has 1 aliphatic rings. The quantitative estimate of drug-likeness (QED) is 0.441. The summed E-state index contributed by atoms with van der Waals surface area (Å²) in [7, 11) is 2.82. The Kier molecular flexibility index (Phi) is 5.72. The molecule has 10 heteroatoms. The summed E-state index contributed by atoms with van der Waals surface area (Å²) in [6.07, 6.45) is 1.91. The van der Waals surface area contributed by atoms with E-state index in [1.54, 1.807) is 4.90 Å². The number of aromatic nitrogens is 2. The van der Waals surface area contributed by atoms with Gasteiger partial charge in [0.2, 0.25) is 0 Å². The highest BCUT2D eigenvalue weighted by Crippen LogP contribution is 2.35. The summed E-state index contributed by atoms with van der Waals surface area (Å²) in [5.74, 6) is 0.102. The molecule has 0 atom stereocenters. The molecule has 1 fully saturated rings. The predicted octanol–water partition coefficient (Wildman–Crippen LogP) is 2.22. The number of carbonyl (C=O) groups excluding carboxylic acids is 1. The second-order valence-corrected chi connectivity index (χ2v) is 7.26. The van der Waals surface area contributed by atoms with Crippen LogP contribution in [0.4, 0.5) is 5.69 Å². The average Bonchev–Trinajstić information content (AvgIpc) is 3.20. The molecule has 0 aliphatic carbocycles. The van der Waals surface area contributed by atoms with E-state index in [0.29, 0.717) is 32.7 Å². The van der Waals surface area contributed by atoms with E-state index in [1.807, 2.05) is 35.0 Å². The van der Waals surface area contributed by atoms with Gasteiger partial charge in [-0.3, -0.25) is 19.8 Å². The lowest BCUT2D eigenvalue weighted by Gasteiger charge is -2.34. The van der Waals surface area contributed by atoms with E-state index in [-0.39, 0.29) is 28.7 Å². The predicted molar refractivity (Wildman–Crippen MR) is 113 cm³/mol. The number of pyridine rings is 1. The number of amides is 1. The van der Waals surface area contributed by atoms with Gasteiger partial charge < -0.3 is 14.4 Å². The molecule has 0 N–H and O–H groups in total. The highest BCUT2D eigenvalue weighted by Gasteiger charge is 2.30. The molecule has 0 radical (unpaired) electrons. The first kappa shape index (κ1) is 20.6. The fourth-order valence-corrected chi connectivity index (χ4v) is 3.77. The maximum absolute atomic E-state index is 13.1. The number of methoxy groups -OCH3 is 2. The molecule has 1 aliphatic heterocycles. The van der Waals surface area contributed by atoms with Crippen LogP contribution in [0.5, 0.6) is 11.5 Å². The number of fused-ring (bicyclic) bond motifs is 1. The number of nitro benzene ring substituents is 1. The van der Waals surface area contributed by atoms with Crippen LogP contribution >= 0.6 is 0 Å². The van der Waals surface area contributed by atoms with Gasteiger partial charge in [0.15, 0.2) is 11.5 Å². The molecule has 0 bridgehead atoms. The van der Waals surface area contributed by atoms with Crippen LogP contribution in [0.3, 0.4) is 0 Å². The molecule has 31 heavy (non-hydrogen) atoms. The number of piperazine rings is 1. The van der Waals surface area contributed by atoms with E-state index in [1.165, 1.54) is 26.4 Å². The van der Waals surface area contributed by atoms with E-state index in [0.717, 1.165) is 11.2 Å². The van der Waals surface area contributed by atoms with Crippen molar-refractivity contribution in [1.29, 1.82) is 0 Å². The Labute approximate surface area is 178 Å². The van der Waals surface area contributed by atoms with Gasteiger partial charge >= 0.3 is 0 Å². The minimum absolute atomic E-state index is 0.00329. The van der Waals surface area contributed by atoms with Crippen LogP contribution in [0, 0.1) is 10.1 Å². The molecule has 0 unspecified atom stereocenters. The lowest BCUT2D eigenvalue weighted by Crippen LogP contribution is -2.48. The molecule has 3 heterocycles. The van der Waals surface area contributed by atoms with Gasteiger partial charge in [0.05, 0.1) is 36.4 Å². The third kappa shape index (κ3) is 4.15. The number of hydrogen-bond donors (Lipinski definition) is 0. The fourth-order valence-electron chi connectivity index (χ4n) is 3.77. The van der Waals surface area contributed by atoms with Crippen molar-refractivity contribution in [2.75, 3.05) is 40.4 Å². The first-order valence-corrected chi connectivity index (χ1v) is 9.85. The van der Waals surface area contributed by atoms with Crippen LogP contribution in [-0.2, 0) is 6.54 Å². The average molecular weight is 425 g/mol. The minimum Gasteiger partial charge on any atom is -0.493 e. The van der Waals surface area contributed by atoms with E-state index in [9.17, 15) is 14.9 Å². The van der Waals surface area contributed by atoms with Crippen LogP contribution in [0.2, 0.25) is 0 Å². The Morgan fingerprint density at radius 2 is 1.81 bits per heavy atom. The zero-order chi connectivity index (χ0) is 22.0. The molecule has 10 nitrogen and oxygen atoms in total. The van der Waals surface area contributed by atoms with Gasteiger partial charge in [0.25, 0.3) is 11.6 Å². The van der Waals surface area contributed by atoms with E-state index in [2.05, 4.69) is 10.00 Å². The second-order valence-electron chi connectivity index (χ2n) is 7.26. The van der Waals surface area contributed by atoms with Gasteiger partial charge in [-0.1, -0.05) is 6.07 Å². The molecule has 1 aromatic carbocycles. The van der Waals surface area contributed by atoms with Crippen molar-refractivity contribution >= 4 is 17.1 Å². The maximum Gasteiger partial charge on any atom is 0.286 e. The van der Waals surface area contributed by atoms with Crippen LogP contribution < -0.4 is 9.47 Å². The molecule has 4 rings (SSSR count). The molecular formula is C21H23N5O5. The van der Waals surface area contributed by atoms with Crippen LogP contribution in [0.15, 0.2) is 42.6 Å². The van der Waals surface area contributed by atoms with Crippen molar-refractivity contribution in [1.82, 2.24) is 19.4 Å². The maximum atomic E-state index is 13.1. The van der Waals surface area contributed by atoms with Gasteiger partial charge in [-0.05, 0) is 18.2 Å². The Morgan fingerprint density at radius 3 is 2.45 bits per heavy atom. The first-order chi connectivity index (χ1) is 15.0. The van der Waals surface area contributed by atoms with Crippen LogP contribution in [0.1, 0.15) is 16.1 Å². The number of ether oxygens (including phenoxy) is 2. The van der Waals surface area contributed by atoms with Crippen molar-refractivity contribution < 1.29 is 19.2 Å². The van der Waals surface area contributed by atoms with Gasteiger partial charge in [0, 0.05) is 45.0 Å². The van der Waals surface area contributed by atoms with Crippen LogP contribution in [0.25, 0.3) is 5.52 Å². The van der Waals surface area contributed by atoms with Crippen molar-refractivity contribution in [2.24, 2.45) is 0 Å². The molecule has 162 valence electrons. The highest BCUT2D eigenvalue weighted by molar-refractivity contribution is 5.99. The SMILES string of the molecule is COc1cc(C(=O)N2CCN(Cc3cc4ccccn4n3)CC2)c([N+](=O)[O-])cc1OC. The highest BCUT2D eigenvalue weighted by atomic mass is 16.6. The Morgan fingerprint density at radius 1 is 1.10 bits per heavy atom. The zero-order valence-electron chi connectivity index (χ0n) is 17.4. The standard InChI is InChI=1S/C21H23N5O5/c1-30-19-12-17(18(26(28)29)13-20(19)31-2)21(27)24-9-7-23(8-10-24)14-15-11-16-5-3-4-6-25(16)22-15/h3-6,11-13H,7-10,14H2,1-2H3. The number of hydrogen-bond acceptors (Lipinski definition) is 7. The van der Waals surface area contributed by atoms with Gasteiger partial charge in [-0.15, -0.1) is 0 Å². The van der Waals surface area contributed by atoms with Crippen molar-refractivity contribution in [2.45, 2.75) is 6.54 Å². The van der Waals surface area contributed by atoms with Crippen molar-refractivity contribution in [3.63, 3.8) is 0 Å². The molecule has 1 saturated heterocycles. The topological polar surface area (TPSA) is 102 Å². The molecule has 0 spiro atoms. The van der Waals surface area contributed by atoms with E-state index < -0.39 is 4.92 Å². The third-order valence-corrected chi connectivity index (χ3v) is 5.39. The first-order valence-electron chi connectivity index (χ1n) is 9.85. The molecule has 3 aromatic rings. The summed E-state index contributed by atoms with van der Waals surface area (Å²) >= 11 is 0. The number of carbonyl (C=O) groups is 1. The molecule has 2 aromatic heterocycles. The largest absolute Gasteiger partial charge is 0.493 e. The molecule has 1 amide bonds. The zero-order valence-corrected chi connectivity index (χ0v) is 17.4. The summed E-state index contributed by atoms with van der Waals surface area (Å²) in [4.78, 5) is 27.9. The summed E-state index contributed by atoms with van der Waals surface area (Å²) in [6, 6.07) is 10.6. The minimum atomic E-state index is -0.575. The van der Waals surface area contributed by atoms with Crippen molar-refractivity contribution in [3.8, 4) is 11.5 Å². The smallest absolute Gasteiger partial charge is 0.286 e. The van der Waals surface area contributed by atoms with Crippen LogP contribution in [-0.4, -0.2) is 70.6 Å². The fraction of sp³-hybridized carbons (Fsp3) is 0.333. The number of nitro groups is 1. The number of rotatable bonds is 6. The Bertz CT molecular complexity index is 1090. The lowest BCUT2D eigenvalue weighted by molar-refractivity contribution is -0.385. The number of nitrogens with zero attached hydrogens (tertiary/aromatic N) is 5. The van der Waals surface area contributed by atoms with Gasteiger partial charge in [0.1, 0.15) is 5.56 Å². The Balaban J connectivity index is 1.46. The second kappa shape index (κ2) is 8.60. The van der Waals surface area contributed by atoms with Gasteiger partial charge in [-0.2, -0.15) is 5.10 Å². The lowest BCUT2D eigenvalue weighted by atomic mass is 10.1. The molecular weight excluding hydrogens is 402 g/mol. The third-order valence-electron chi connectivity index (χ3n) is 5.39. The summed E-state index contributed by atoms with van der Waals surface area (Å²) < 4.78 is 12.2. The normalized spacial score (nSPS) is 14.6. The van der Waals surface area contributed by atoms with Gasteiger partial charge in [-0.25, -0.2) is 4.52 Å². The van der Waals surface area contributed by atoms with E-state index >= 15 is 0 Å². The van der Waals surface area contributed by atoms with Crippen molar-refractivity contribution in [3.05, 3.63) is 64.0 Å². The Hall–Kier alpha value is -3.66. The summed E-state index contributed by atoms with van der Waals surface area (Å²) in [5.41, 5.74) is 1.69. The summed E-state index contributed by atoms with van der Waals surface area (Å²) in [6.45, 7) is 2.93. The summed E-state index contributed by atoms with van der Waals surface area (Å²) in [5, 5.41) is 16.1. The monoisotopic (exact) mass is 425 g/mol. The number of benzene rings is 1. The van der Waals surface area contributed by atoms with E-state index in [4.69, 9.17) is 9.47 Å². The molecule has 0 saturated carbocycles.